The number of carbonyl (C=O) groups is 2. The number of aromatic carboxylic acids is 1. The number of hydrogen-bond donors (Lipinski definition) is 1. The highest BCUT2D eigenvalue weighted by atomic mass is 32.1. The summed E-state index contributed by atoms with van der Waals surface area (Å²) in [6.07, 6.45) is 1.01. The summed E-state index contributed by atoms with van der Waals surface area (Å²) < 4.78 is 5.48. The first-order valence-corrected chi connectivity index (χ1v) is 7.55. The fourth-order valence-electron chi connectivity index (χ4n) is 1.89. The quantitative estimate of drug-likeness (QED) is 0.750. The van der Waals surface area contributed by atoms with Gasteiger partial charge in [0.1, 0.15) is 5.75 Å². The van der Waals surface area contributed by atoms with Gasteiger partial charge in [0, 0.05) is 24.4 Å². The van der Waals surface area contributed by atoms with Crippen LogP contribution in [0.4, 0.5) is 0 Å². The number of carboxylic acid groups (broad SMARTS) is 1. The number of carbonyl (C=O) groups excluding carboxylic acids is 1. The fraction of sp³-hybridized carbons (Fsp3) is 0.571. The van der Waals surface area contributed by atoms with Gasteiger partial charge in [0.2, 0.25) is 5.91 Å². The Labute approximate surface area is 123 Å². The molecule has 0 aliphatic carbocycles. The molecule has 0 atom stereocenters. The van der Waals surface area contributed by atoms with Crippen LogP contribution in [0, 0.1) is 6.92 Å². The van der Waals surface area contributed by atoms with Crippen LogP contribution in [-0.4, -0.2) is 41.6 Å². The molecule has 0 spiro atoms. The van der Waals surface area contributed by atoms with Crippen LogP contribution in [0.2, 0.25) is 0 Å². The van der Waals surface area contributed by atoms with Gasteiger partial charge in [0.05, 0.1) is 6.61 Å². The van der Waals surface area contributed by atoms with Crippen molar-refractivity contribution in [2.24, 2.45) is 0 Å². The van der Waals surface area contributed by atoms with E-state index in [4.69, 9.17) is 9.84 Å². The molecule has 0 aliphatic heterocycles. The van der Waals surface area contributed by atoms with Crippen LogP contribution in [0.25, 0.3) is 0 Å². The number of carboxylic acids is 1. The molecule has 20 heavy (non-hydrogen) atoms. The zero-order chi connectivity index (χ0) is 15.1. The van der Waals surface area contributed by atoms with E-state index in [0.717, 1.165) is 4.88 Å². The van der Waals surface area contributed by atoms with E-state index in [0.29, 0.717) is 38.3 Å². The molecule has 1 N–H and O–H groups in total. The molecule has 1 aromatic rings. The summed E-state index contributed by atoms with van der Waals surface area (Å²) in [6, 6.07) is 1.72. The lowest BCUT2D eigenvalue weighted by molar-refractivity contribution is -0.131. The van der Waals surface area contributed by atoms with Crippen molar-refractivity contribution < 1.29 is 19.4 Å². The number of thiophene rings is 1. The van der Waals surface area contributed by atoms with E-state index in [9.17, 15) is 9.59 Å². The van der Waals surface area contributed by atoms with Crippen molar-refractivity contribution in [2.45, 2.75) is 33.6 Å². The van der Waals surface area contributed by atoms with Crippen LogP contribution < -0.4 is 4.74 Å². The third kappa shape index (κ3) is 4.52. The number of nitrogens with zero attached hydrogens (tertiary/aromatic N) is 1. The van der Waals surface area contributed by atoms with Crippen molar-refractivity contribution in [1.82, 2.24) is 4.90 Å². The lowest BCUT2D eigenvalue weighted by atomic mass is 10.3. The maximum absolute atomic E-state index is 11.8. The van der Waals surface area contributed by atoms with Gasteiger partial charge in [-0.25, -0.2) is 4.79 Å². The Bertz CT molecular complexity index is 466. The van der Waals surface area contributed by atoms with E-state index in [-0.39, 0.29) is 10.8 Å². The van der Waals surface area contributed by atoms with E-state index in [2.05, 4.69) is 0 Å². The number of rotatable bonds is 8. The molecule has 0 aliphatic rings. The van der Waals surface area contributed by atoms with Crippen molar-refractivity contribution in [2.75, 3.05) is 19.7 Å². The number of amides is 1. The molecule has 1 rings (SSSR count). The molecular weight excluding hydrogens is 278 g/mol. The van der Waals surface area contributed by atoms with E-state index >= 15 is 0 Å². The first kappa shape index (κ1) is 16.5. The molecule has 1 aromatic heterocycles. The molecule has 0 aromatic carbocycles. The number of hydrogen-bond acceptors (Lipinski definition) is 4. The van der Waals surface area contributed by atoms with Crippen LogP contribution in [0.3, 0.4) is 0 Å². The van der Waals surface area contributed by atoms with Gasteiger partial charge in [-0.15, -0.1) is 11.3 Å². The summed E-state index contributed by atoms with van der Waals surface area (Å²) in [4.78, 5) is 25.7. The maximum Gasteiger partial charge on any atom is 0.349 e. The summed E-state index contributed by atoms with van der Waals surface area (Å²) in [5, 5.41) is 9.03. The molecule has 1 heterocycles. The van der Waals surface area contributed by atoms with Gasteiger partial charge >= 0.3 is 5.97 Å². The lowest BCUT2D eigenvalue weighted by Crippen LogP contribution is -2.30. The van der Waals surface area contributed by atoms with Crippen molar-refractivity contribution in [1.29, 1.82) is 0 Å². The molecule has 0 saturated heterocycles. The molecule has 0 unspecified atom stereocenters. The van der Waals surface area contributed by atoms with Crippen LogP contribution in [0.1, 0.15) is 41.2 Å². The molecule has 0 radical (unpaired) electrons. The molecule has 5 nitrogen and oxygen atoms in total. The molecule has 0 saturated carbocycles. The van der Waals surface area contributed by atoms with Crippen LogP contribution >= 0.6 is 11.3 Å². The van der Waals surface area contributed by atoms with Crippen LogP contribution in [0.5, 0.6) is 5.75 Å². The molecule has 112 valence electrons. The number of ether oxygens (including phenoxy) is 1. The van der Waals surface area contributed by atoms with Gasteiger partial charge in [-0.1, -0.05) is 0 Å². The Morgan fingerprint density at radius 2 is 2.00 bits per heavy atom. The fourth-order valence-corrected chi connectivity index (χ4v) is 2.68. The Kier molecular flexibility index (Phi) is 6.51. The highest BCUT2D eigenvalue weighted by molar-refractivity contribution is 7.14. The second kappa shape index (κ2) is 7.89. The van der Waals surface area contributed by atoms with Gasteiger partial charge in [-0.05, 0) is 33.3 Å². The molecular formula is C14H21NO4S. The molecule has 1 amide bonds. The standard InChI is InChI=1S/C14H21NO4S/c1-4-15(5-2)12(16)7-6-8-19-11-9-10(3)20-13(11)14(17)18/h9H,4-8H2,1-3H3,(H,17,18). The van der Waals surface area contributed by atoms with Crippen LogP contribution in [-0.2, 0) is 4.79 Å². The first-order valence-electron chi connectivity index (χ1n) is 6.73. The summed E-state index contributed by atoms with van der Waals surface area (Å²) >= 11 is 1.20. The normalized spacial score (nSPS) is 10.3. The zero-order valence-electron chi connectivity index (χ0n) is 12.1. The summed E-state index contributed by atoms with van der Waals surface area (Å²) in [6.45, 7) is 7.51. The minimum absolute atomic E-state index is 0.110. The van der Waals surface area contributed by atoms with Crippen LogP contribution in [0.15, 0.2) is 6.07 Å². The third-order valence-corrected chi connectivity index (χ3v) is 3.94. The summed E-state index contributed by atoms with van der Waals surface area (Å²) in [5.41, 5.74) is 0. The van der Waals surface area contributed by atoms with E-state index in [1.54, 1.807) is 11.0 Å². The van der Waals surface area contributed by atoms with Crippen molar-refractivity contribution in [3.8, 4) is 5.75 Å². The topological polar surface area (TPSA) is 66.8 Å². The average Bonchev–Trinajstić information content (AvgIpc) is 2.77. The van der Waals surface area contributed by atoms with Gasteiger partial charge in [0.25, 0.3) is 0 Å². The smallest absolute Gasteiger partial charge is 0.349 e. The Morgan fingerprint density at radius 1 is 1.35 bits per heavy atom. The van der Waals surface area contributed by atoms with Gasteiger partial charge in [-0.2, -0.15) is 0 Å². The Balaban J connectivity index is 2.42. The maximum atomic E-state index is 11.8. The van der Waals surface area contributed by atoms with Crippen molar-refractivity contribution >= 4 is 23.2 Å². The Hall–Kier alpha value is -1.56. The summed E-state index contributed by atoms with van der Waals surface area (Å²) in [7, 11) is 0. The molecule has 0 bridgehead atoms. The molecule has 6 heteroatoms. The minimum atomic E-state index is -0.975. The third-order valence-electron chi connectivity index (χ3n) is 2.92. The minimum Gasteiger partial charge on any atom is -0.492 e. The average molecular weight is 299 g/mol. The SMILES string of the molecule is CCN(CC)C(=O)CCCOc1cc(C)sc1C(=O)O. The Morgan fingerprint density at radius 3 is 2.55 bits per heavy atom. The predicted molar refractivity (Wildman–Crippen MR) is 78.7 cm³/mol. The van der Waals surface area contributed by atoms with E-state index < -0.39 is 5.97 Å². The summed E-state index contributed by atoms with van der Waals surface area (Å²) in [5.74, 6) is -0.467. The monoisotopic (exact) mass is 299 g/mol. The first-order chi connectivity index (χ1) is 9.49. The van der Waals surface area contributed by atoms with E-state index in [1.165, 1.54) is 11.3 Å². The second-order valence-corrected chi connectivity index (χ2v) is 5.63. The van der Waals surface area contributed by atoms with Gasteiger partial charge in [-0.3, -0.25) is 4.79 Å². The van der Waals surface area contributed by atoms with Crippen molar-refractivity contribution in [3.63, 3.8) is 0 Å². The van der Waals surface area contributed by atoms with Gasteiger partial charge in [0.15, 0.2) is 4.88 Å². The van der Waals surface area contributed by atoms with Crippen molar-refractivity contribution in [3.05, 3.63) is 15.8 Å². The number of aryl methyl sites for hydroxylation is 1. The predicted octanol–water partition coefficient (Wildman–Crippen LogP) is 2.78. The lowest BCUT2D eigenvalue weighted by Gasteiger charge is -2.18. The molecule has 0 fully saturated rings. The zero-order valence-corrected chi connectivity index (χ0v) is 13.0. The highest BCUT2D eigenvalue weighted by Gasteiger charge is 2.15. The largest absolute Gasteiger partial charge is 0.492 e. The second-order valence-electron chi connectivity index (χ2n) is 4.37. The highest BCUT2D eigenvalue weighted by Crippen LogP contribution is 2.28. The van der Waals surface area contributed by atoms with Gasteiger partial charge < -0.3 is 14.7 Å². The van der Waals surface area contributed by atoms with E-state index in [1.807, 2.05) is 20.8 Å².